The van der Waals surface area contributed by atoms with Gasteiger partial charge in [0, 0.05) is 18.0 Å². The molecule has 0 saturated heterocycles. The molecule has 1 aliphatic carbocycles. The lowest BCUT2D eigenvalue weighted by Crippen LogP contribution is -2.43. The maximum Gasteiger partial charge on any atom is 0.251 e. The molecule has 1 saturated carbocycles. The van der Waals surface area contributed by atoms with Crippen LogP contribution in [0.15, 0.2) is 65.2 Å². The van der Waals surface area contributed by atoms with Crippen molar-refractivity contribution in [2.24, 2.45) is 11.7 Å². The molecule has 1 unspecified atom stereocenters. The number of hydrogen-bond acceptors (Lipinski definition) is 7. The fraction of sp³-hybridized carbons (Fsp3) is 0.387. The summed E-state index contributed by atoms with van der Waals surface area (Å²) in [5, 5.41) is 9.69. The average molecular weight is 544 g/mol. The van der Waals surface area contributed by atoms with Gasteiger partial charge in [-0.1, -0.05) is 72.6 Å². The number of nitrogens with one attached hydrogen (secondary N) is 2. The van der Waals surface area contributed by atoms with Gasteiger partial charge < -0.3 is 20.9 Å². The summed E-state index contributed by atoms with van der Waals surface area (Å²) in [6.07, 6.45) is 9.91. The lowest BCUT2D eigenvalue weighted by Gasteiger charge is -2.18. The minimum atomic E-state index is -0.703. The van der Waals surface area contributed by atoms with E-state index in [0.717, 1.165) is 43.2 Å². The Morgan fingerprint density at radius 2 is 1.77 bits per heavy atom. The third-order valence-electron chi connectivity index (χ3n) is 7.06. The summed E-state index contributed by atoms with van der Waals surface area (Å²) in [4.78, 5) is 42.6. The molecule has 1 heterocycles. The molecule has 0 bridgehead atoms. The maximum atomic E-state index is 13.2. The van der Waals surface area contributed by atoms with Gasteiger partial charge in [-0.15, -0.1) is 0 Å². The molecule has 4 rings (SSSR count). The number of ketones is 1. The van der Waals surface area contributed by atoms with Crippen molar-refractivity contribution in [1.29, 1.82) is 0 Å². The van der Waals surface area contributed by atoms with E-state index in [0.29, 0.717) is 37.9 Å². The molecule has 1 fully saturated rings. The molecule has 2 aromatic carbocycles. The lowest BCUT2D eigenvalue weighted by molar-refractivity contribution is -0.125. The Labute approximate surface area is 234 Å². The zero-order valence-electron chi connectivity index (χ0n) is 22.7. The summed E-state index contributed by atoms with van der Waals surface area (Å²) in [6.45, 7) is 0.943. The van der Waals surface area contributed by atoms with Gasteiger partial charge in [-0.25, -0.2) is 0 Å². The molecule has 4 N–H and O–H groups in total. The number of unbranched alkanes of at least 4 members (excludes halogenated alkanes) is 1. The summed E-state index contributed by atoms with van der Waals surface area (Å²) in [5.41, 5.74) is 8.08. The number of Topliss-reactive ketones (excluding diaryl/α,β-unsaturated/α-hetero) is 1. The molecule has 0 spiro atoms. The van der Waals surface area contributed by atoms with Crippen LogP contribution < -0.4 is 16.4 Å². The second-order valence-corrected chi connectivity index (χ2v) is 10.1. The van der Waals surface area contributed by atoms with Crippen LogP contribution in [0.3, 0.4) is 0 Å². The fourth-order valence-corrected chi connectivity index (χ4v) is 4.78. The maximum absolute atomic E-state index is 13.2. The molecule has 0 radical (unpaired) electrons. The van der Waals surface area contributed by atoms with Crippen LogP contribution >= 0.6 is 0 Å². The van der Waals surface area contributed by atoms with Crippen LogP contribution in [0.5, 0.6) is 0 Å². The first-order valence-corrected chi connectivity index (χ1v) is 14.0. The van der Waals surface area contributed by atoms with E-state index >= 15 is 0 Å². The second kappa shape index (κ2) is 14.9. The number of carbonyl (C=O) groups is 3. The quantitative estimate of drug-likeness (QED) is 0.205. The highest BCUT2D eigenvalue weighted by Gasteiger charge is 2.30. The van der Waals surface area contributed by atoms with Crippen molar-refractivity contribution in [3.8, 4) is 0 Å². The predicted molar refractivity (Wildman–Crippen MR) is 152 cm³/mol. The highest BCUT2D eigenvalue weighted by atomic mass is 16.5. The first-order chi connectivity index (χ1) is 19.5. The van der Waals surface area contributed by atoms with Crippen LogP contribution in [0.25, 0.3) is 6.08 Å². The van der Waals surface area contributed by atoms with E-state index < -0.39 is 6.04 Å². The van der Waals surface area contributed by atoms with E-state index in [2.05, 4.69) is 20.8 Å². The number of nitrogens with zero attached hydrogens (tertiary/aromatic N) is 2. The van der Waals surface area contributed by atoms with Crippen molar-refractivity contribution in [1.82, 2.24) is 20.8 Å². The standard InChI is InChI=1S/C31H37N5O4/c32-19-7-6-14-26(34-31(39)24-12-4-5-13-24)28(37)29-35-27(40-36-29)21-23-15-17-25(18-16-23)30(38)33-20-8-11-22-9-2-1-3-10-22/h1-3,8-11,15-18,24,26H,4-7,12-14,19-21,32H2,(H,33,38)(H,34,39)/b11-8+. The molecule has 1 aliphatic rings. The summed E-state index contributed by atoms with van der Waals surface area (Å²) >= 11 is 0. The van der Waals surface area contributed by atoms with Crippen molar-refractivity contribution in [3.63, 3.8) is 0 Å². The van der Waals surface area contributed by atoms with Crippen molar-refractivity contribution in [3.05, 3.63) is 89.1 Å². The Balaban J connectivity index is 1.30. The van der Waals surface area contributed by atoms with Crippen LogP contribution in [0.4, 0.5) is 0 Å². The summed E-state index contributed by atoms with van der Waals surface area (Å²) in [6, 6.07) is 16.3. The van der Waals surface area contributed by atoms with Crippen LogP contribution in [0, 0.1) is 5.92 Å². The molecule has 9 nitrogen and oxygen atoms in total. The van der Waals surface area contributed by atoms with Gasteiger partial charge in [0.25, 0.3) is 5.91 Å². The predicted octanol–water partition coefficient (Wildman–Crippen LogP) is 4.09. The first kappa shape index (κ1) is 28.9. The van der Waals surface area contributed by atoms with Gasteiger partial charge in [-0.3, -0.25) is 14.4 Å². The Bertz CT molecular complexity index is 1280. The summed E-state index contributed by atoms with van der Waals surface area (Å²) < 4.78 is 5.35. The topological polar surface area (TPSA) is 140 Å². The number of hydrogen-bond donors (Lipinski definition) is 3. The third-order valence-corrected chi connectivity index (χ3v) is 7.06. The molecular weight excluding hydrogens is 506 g/mol. The highest BCUT2D eigenvalue weighted by Crippen LogP contribution is 2.25. The number of rotatable bonds is 14. The Kier molecular flexibility index (Phi) is 10.7. The van der Waals surface area contributed by atoms with Crippen molar-refractivity contribution in [2.75, 3.05) is 13.1 Å². The van der Waals surface area contributed by atoms with Gasteiger partial charge in [-0.2, -0.15) is 4.98 Å². The van der Waals surface area contributed by atoms with E-state index in [1.54, 1.807) is 12.1 Å². The number of aromatic nitrogens is 2. The van der Waals surface area contributed by atoms with Gasteiger partial charge >= 0.3 is 0 Å². The minimum absolute atomic E-state index is 0.0403. The number of carbonyl (C=O) groups excluding carboxylic acids is 3. The second-order valence-electron chi connectivity index (χ2n) is 10.1. The zero-order chi connectivity index (χ0) is 28.2. The van der Waals surface area contributed by atoms with Crippen molar-refractivity contribution in [2.45, 2.75) is 57.4 Å². The summed E-state index contributed by atoms with van der Waals surface area (Å²) in [7, 11) is 0. The zero-order valence-corrected chi connectivity index (χ0v) is 22.7. The highest BCUT2D eigenvalue weighted by molar-refractivity contribution is 5.99. The smallest absolute Gasteiger partial charge is 0.251 e. The molecule has 3 aromatic rings. The SMILES string of the molecule is NCCCCC(NC(=O)C1CCCC1)C(=O)c1noc(Cc2ccc(C(=O)NC/C=C/c3ccccc3)cc2)n1. The lowest BCUT2D eigenvalue weighted by atomic mass is 10.0. The molecule has 1 atom stereocenters. The molecule has 9 heteroatoms. The number of nitrogens with two attached hydrogens (primary N) is 1. The van der Waals surface area contributed by atoms with Gasteiger partial charge in [0.15, 0.2) is 0 Å². The van der Waals surface area contributed by atoms with E-state index in [4.69, 9.17) is 10.3 Å². The molecule has 40 heavy (non-hydrogen) atoms. The third kappa shape index (κ3) is 8.44. The Morgan fingerprint density at radius 1 is 1.02 bits per heavy atom. The molecule has 2 amide bonds. The van der Waals surface area contributed by atoms with Crippen LogP contribution in [0.2, 0.25) is 0 Å². The van der Waals surface area contributed by atoms with Crippen LogP contribution in [0.1, 0.15) is 82.9 Å². The fourth-order valence-electron chi connectivity index (χ4n) is 4.78. The Hall–Kier alpha value is -4.11. The van der Waals surface area contributed by atoms with Crippen LogP contribution in [-0.4, -0.2) is 46.9 Å². The van der Waals surface area contributed by atoms with Crippen molar-refractivity contribution < 1.29 is 18.9 Å². The minimum Gasteiger partial charge on any atom is -0.349 e. The molecule has 0 aliphatic heterocycles. The Morgan fingerprint density at radius 3 is 2.50 bits per heavy atom. The molecule has 1 aromatic heterocycles. The average Bonchev–Trinajstić information content (AvgIpc) is 3.68. The van der Waals surface area contributed by atoms with Crippen LogP contribution in [-0.2, 0) is 11.2 Å². The first-order valence-electron chi connectivity index (χ1n) is 14.0. The van der Waals surface area contributed by atoms with Gasteiger partial charge in [0.1, 0.15) is 0 Å². The van der Waals surface area contributed by atoms with E-state index in [1.807, 2.05) is 54.6 Å². The normalized spacial score (nSPS) is 14.3. The number of benzene rings is 2. The number of amides is 2. The monoisotopic (exact) mass is 543 g/mol. The van der Waals surface area contributed by atoms with Gasteiger partial charge in [0.05, 0.1) is 12.5 Å². The summed E-state index contributed by atoms with van der Waals surface area (Å²) in [5.74, 6) is -0.402. The largest absolute Gasteiger partial charge is 0.349 e. The molecular formula is C31H37N5O4. The van der Waals surface area contributed by atoms with Gasteiger partial charge in [-0.05, 0) is 61.9 Å². The van der Waals surface area contributed by atoms with E-state index in [1.165, 1.54) is 0 Å². The van der Waals surface area contributed by atoms with E-state index in [-0.39, 0.29) is 35.2 Å². The molecule has 210 valence electrons. The van der Waals surface area contributed by atoms with Crippen molar-refractivity contribution >= 4 is 23.7 Å². The van der Waals surface area contributed by atoms with E-state index in [9.17, 15) is 14.4 Å². The van der Waals surface area contributed by atoms with Gasteiger partial charge in [0.2, 0.25) is 23.4 Å².